The Balaban J connectivity index is 1.80. The average Bonchev–Trinajstić information content (AvgIpc) is 3.44. The third-order valence-electron chi connectivity index (χ3n) is 5.67. The normalized spacial score (nSPS) is 24.1. The first-order valence-corrected chi connectivity index (χ1v) is 12.1. The summed E-state index contributed by atoms with van der Waals surface area (Å²) in [6, 6.07) is -1.32. The number of fused-ring (bicyclic) bond motifs is 1. The van der Waals surface area contributed by atoms with Gasteiger partial charge in [0.25, 0.3) is 18.2 Å². The highest BCUT2D eigenvalue weighted by atomic mass is 32.2. The maximum absolute atomic E-state index is 14.8. The fourth-order valence-corrected chi connectivity index (χ4v) is 6.17. The summed E-state index contributed by atoms with van der Waals surface area (Å²) in [7, 11) is 0. The van der Waals surface area contributed by atoms with Crippen LogP contribution >= 0.6 is 23.1 Å². The molecule has 2 fully saturated rings. The van der Waals surface area contributed by atoms with E-state index in [0.717, 1.165) is 32.9 Å². The molecule has 0 spiro atoms. The lowest BCUT2D eigenvalue weighted by molar-refractivity contribution is -0.148. The topological polar surface area (TPSA) is 179 Å². The van der Waals surface area contributed by atoms with E-state index in [0.29, 0.717) is 6.21 Å². The Kier molecular flexibility index (Phi) is 6.94. The monoisotopic (exact) mass is 546 g/mol. The number of thioether (sulfide) groups is 1. The van der Waals surface area contributed by atoms with Crippen molar-refractivity contribution in [1.82, 2.24) is 15.2 Å². The molecule has 3 aliphatic rings. The highest BCUT2D eigenvalue weighted by Gasteiger charge is 2.58. The van der Waals surface area contributed by atoms with E-state index < -0.39 is 64.5 Å². The molecule has 0 aliphatic carbocycles. The first-order chi connectivity index (χ1) is 17.1. The number of nitrogen functional groups attached to an aromatic ring is 1. The molecule has 0 bridgehead atoms. The summed E-state index contributed by atoms with van der Waals surface area (Å²) in [4.78, 5) is 55.8. The number of carbonyl (C=O) groups excluding carboxylic acids is 3. The number of nitrogens with one attached hydrogen (secondary N) is 1. The molecule has 1 unspecified atom stereocenters. The van der Waals surface area contributed by atoms with Crippen LogP contribution in [0.4, 0.5) is 24.1 Å². The Bertz CT molecular complexity index is 1230. The van der Waals surface area contributed by atoms with Crippen molar-refractivity contribution in [3.63, 3.8) is 0 Å². The Hall–Kier alpha value is -3.60. The molecule has 3 aliphatic heterocycles. The Morgan fingerprint density at radius 1 is 1.36 bits per heavy atom. The third-order valence-corrected chi connectivity index (χ3v) is 7.59. The Morgan fingerprint density at radius 3 is 2.61 bits per heavy atom. The van der Waals surface area contributed by atoms with Gasteiger partial charge in [0.05, 0.1) is 0 Å². The second kappa shape index (κ2) is 9.81. The fourth-order valence-electron chi connectivity index (χ4n) is 4.22. The van der Waals surface area contributed by atoms with Crippen LogP contribution in [0.1, 0.15) is 6.42 Å². The average molecular weight is 547 g/mol. The van der Waals surface area contributed by atoms with E-state index in [9.17, 15) is 37.5 Å². The molecular weight excluding hydrogens is 529 g/mol. The summed E-state index contributed by atoms with van der Waals surface area (Å²) in [6.45, 7) is 0.0596. The molecule has 4 rings (SSSR count). The molecule has 3 atom stereocenters. The van der Waals surface area contributed by atoms with Crippen LogP contribution in [-0.4, -0.2) is 86.4 Å². The highest BCUT2D eigenvalue weighted by molar-refractivity contribution is 8.00. The molecule has 0 radical (unpaired) electrons. The van der Waals surface area contributed by atoms with Gasteiger partial charge < -0.3 is 21.4 Å². The van der Waals surface area contributed by atoms with Crippen molar-refractivity contribution >= 4 is 64.0 Å². The van der Waals surface area contributed by atoms with Gasteiger partial charge in [0.1, 0.15) is 29.1 Å². The number of oxime groups is 1. The van der Waals surface area contributed by atoms with E-state index in [1.54, 1.807) is 0 Å². The van der Waals surface area contributed by atoms with Crippen molar-refractivity contribution in [2.24, 2.45) is 5.16 Å². The smallest absolute Gasteiger partial charge is 0.352 e. The molecular formula is C19H17F3N6O6S2. The Labute approximate surface area is 208 Å². The number of β-lactam (4-membered cyclic amide) rings is 1. The maximum Gasteiger partial charge on any atom is 0.352 e. The number of amides is 3. The zero-order valence-corrected chi connectivity index (χ0v) is 19.6. The van der Waals surface area contributed by atoms with E-state index in [4.69, 9.17) is 10.9 Å². The van der Waals surface area contributed by atoms with Gasteiger partial charge in [-0.25, -0.2) is 22.9 Å². The zero-order valence-electron chi connectivity index (χ0n) is 17.9. The molecule has 5 N–H and O–H groups in total. The van der Waals surface area contributed by atoms with Crippen molar-refractivity contribution in [2.45, 2.75) is 30.4 Å². The van der Waals surface area contributed by atoms with Crippen LogP contribution in [0.5, 0.6) is 0 Å². The predicted molar refractivity (Wildman–Crippen MR) is 121 cm³/mol. The lowest BCUT2D eigenvalue weighted by Gasteiger charge is -2.52. The fraction of sp³-hybridized carbons (Fsp3) is 0.368. The summed E-state index contributed by atoms with van der Waals surface area (Å²) in [6.07, 6.45) is -6.10. The van der Waals surface area contributed by atoms with Gasteiger partial charge in [-0.15, -0.1) is 23.1 Å². The molecule has 0 aromatic carbocycles. The number of nitrogens with zero attached hydrogens (tertiary/aromatic N) is 4. The number of anilines is 2. The molecule has 1 aromatic heterocycles. The van der Waals surface area contributed by atoms with Gasteiger partial charge in [-0.05, 0) is 6.42 Å². The number of hydrogen-bond acceptors (Lipinski definition) is 10. The van der Waals surface area contributed by atoms with Crippen LogP contribution in [0.25, 0.3) is 0 Å². The van der Waals surface area contributed by atoms with Crippen LogP contribution in [0, 0.1) is 0 Å². The number of halogens is 3. The summed E-state index contributed by atoms with van der Waals surface area (Å²) in [5.74, 6) is -4.79. The lowest BCUT2D eigenvalue weighted by Crippen LogP contribution is -2.72. The number of carbonyl (C=O) groups is 4. The number of hydrogen-bond donors (Lipinski definition) is 4. The van der Waals surface area contributed by atoms with Gasteiger partial charge in [-0.2, -0.15) is 0 Å². The van der Waals surface area contributed by atoms with Gasteiger partial charge >= 0.3 is 5.97 Å². The second-order valence-corrected chi connectivity index (χ2v) is 9.61. The van der Waals surface area contributed by atoms with Crippen molar-refractivity contribution in [3.8, 4) is 0 Å². The van der Waals surface area contributed by atoms with Gasteiger partial charge in [-0.3, -0.25) is 24.2 Å². The number of allylic oxidation sites excluding steroid dienone is 1. The molecule has 3 amide bonds. The number of thiazole rings is 1. The van der Waals surface area contributed by atoms with E-state index >= 15 is 0 Å². The number of nitrogens with two attached hydrogens (primary N) is 1. The minimum atomic E-state index is -3.55. The maximum atomic E-state index is 14.8. The molecule has 17 heteroatoms. The van der Waals surface area contributed by atoms with Crippen molar-refractivity contribution in [2.75, 3.05) is 22.9 Å². The first-order valence-electron chi connectivity index (χ1n) is 10.1. The van der Waals surface area contributed by atoms with E-state index in [1.807, 2.05) is 0 Å². The SMILES string of the molecule is Nc1nc(N(C(=O)C=NO)[C@@H]2C(=O)N3C(C(=O)O)=C(C(=C4CCNC4=O)C(F)C(F)F)CS[C@H]23)cs1. The van der Waals surface area contributed by atoms with Crippen molar-refractivity contribution in [3.05, 3.63) is 27.8 Å². The highest BCUT2D eigenvalue weighted by Crippen LogP contribution is 2.47. The minimum absolute atomic E-state index is 0.0559. The van der Waals surface area contributed by atoms with Crippen LogP contribution in [0.15, 0.2) is 33.0 Å². The van der Waals surface area contributed by atoms with Crippen LogP contribution < -0.4 is 16.0 Å². The van der Waals surface area contributed by atoms with E-state index in [1.165, 1.54) is 5.38 Å². The number of alkyl halides is 3. The van der Waals surface area contributed by atoms with Crippen LogP contribution in [0.2, 0.25) is 0 Å². The number of aliphatic carboxylic acids is 1. The first kappa shape index (κ1) is 25.5. The molecule has 192 valence electrons. The number of carboxylic acids is 1. The number of aromatic nitrogens is 1. The van der Waals surface area contributed by atoms with Gasteiger partial charge in [0, 0.05) is 34.4 Å². The van der Waals surface area contributed by atoms with Crippen molar-refractivity contribution in [1.29, 1.82) is 0 Å². The van der Waals surface area contributed by atoms with Crippen LogP contribution in [0.3, 0.4) is 0 Å². The van der Waals surface area contributed by atoms with Gasteiger partial charge in [-0.1, -0.05) is 5.16 Å². The lowest BCUT2D eigenvalue weighted by atomic mass is 9.91. The molecule has 2 saturated heterocycles. The molecule has 0 saturated carbocycles. The van der Waals surface area contributed by atoms with Crippen molar-refractivity contribution < 1.29 is 42.7 Å². The van der Waals surface area contributed by atoms with E-state index in [2.05, 4.69) is 15.5 Å². The number of carboxylic acid groups (broad SMARTS) is 1. The zero-order chi connectivity index (χ0) is 26.3. The quantitative estimate of drug-likeness (QED) is 0.125. The molecule has 36 heavy (non-hydrogen) atoms. The van der Waals surface area contributed by atoms with Gasteiger partial charge in [0.2, 0.25) is 5.91 Å². The minimum Gasteiger partial charge on any atom is -0.477 e. The summed E-state index contributed by atoms with van der Waals surface area (Å²) in [5, 5.41) is 24.1. The largest absolute Gasteiger partial charge is 0.477 e. The standard InChI is InChI=1S/C19H17F3N6O6S2/c20-11(14(21)22)10(6-1-2-24-15(6)30)7-4-35-17-13(16(31)28(17)12(7)18(32)33)27(9(29)3-25-34)8-5-36-19(23)26-8/h3,5,11,13-14,17,34H,1-2,4H2,(H2,23,26)(H,24,30)(H,32,33)/t11?,13-,17-/m1/s1. The van der Waals surface area contributed by atoms with Gasteiger partial charge in [0.15, 0.2) is 11.3 Å². The van der Waals surface area contributed by atoms with E-state index in [-0.39, 0.29) is 35.2 Å². The summed E-state index contributed by atoms with van der Waals surface area (Å²) in [5.41, 5.74) is 3.38. The molecule has 1 aromatic rings. The summed E-state index contributed by atoms with van der Waals surface area (Å²) >= 11 is 1.84. The molecule has 12 nitrogen and oxygen atoms in total. The third kappa shape index (κ3) is 4.17. The predicted octanol–water partition coefficient (Wildman–Crippen LogP) is 0.560. The molecule has 4 heterocycles. The Morgan fingerprint density at radius 2 is 2.08 bits per heavy atom. The van der Waals surface area contributed by atoms with Crippen LogP contribution in [-0.2, 0) is 19.2 Å². The number of rotatable bonds is 7. The second-order valence-electron chi connectivity index (χ2n) is 7.62. The summed E-state index contributed by atoms with van der Waals surface area (Å²) < 4.78 is 41.6.